The van der Waals surface area contributed by atoms with E-state index in [1.165, 1.54) is 0 Å². The highest BCUT2D eigenvalue weighted by atomic mass is 16.6. The molecule has 0 amide bonds. The van der Waals surface area contributed by atoms with Crippen molar-refractivity contribution in [3.8, 4) is 0 Å². The van der Waals surface area contributed by atoms with Crippen molar-refractivity contribution in [1.82, 2.24) is 0 Å². The number of ether oxygens (including phenoxy) is 5. The summed E-state index contributed by atoms with van der Waals surface area (Å²) in [7, 11) is 0. The number of carbonyl (C=O) groups is 12. The molecule has 0 saturated carbocycles. The molecule has 0 bridgehead atoms. The molecule has 2 rings (SSSR count). The second-order valence-electron chi connectivity index (χ2n) is 29.4. The Bertz CT molecular complexity index is 2330. The Morgan fingerprint density at radius 2 is 0.699 bits per heavy atom. The normalized spacial score (nSPS) is 14.7. The fraction of sp³-hybridized carbons (Fsp3) is 0.759. The van der Waals surface area contributed by atoms with Crippen molar-refractivity contribution in [2.24, 2.45) is 53.3 Å². The maximum atomic E-state index is 12.4. The van der Waals surface area contributed by atoms with Crippen molar-refractivity contribution >= 4 is 70.9 Å². The standard InChI is InChI=1S/C25H44O5.C20H34O5.2C15H22O4.2C4H10O/c1-20(2)18-29-24(27)17-23(25(28)30-19-21(3)4)16-14-12-10-8-6-7-9-11-13-15-22(5)26;1-16(2)15-25-20(24)14-18(13-19(22)23)12-10-8-6-4-5-7-9-11-17(3)21;2*1-12(16)9-7-5-3-2-4-6-8-10-13-11-14(17)19-15(13)18;2*1-4(2)3-5/h8,10,20-21,23H,6-7,9,11-19H2,1-5H3;8,10,16,18H,4-7,9,11-15H2,1-3H3,(H,22,23);2*6,8,13H,2-5,7,9-11H2,1H3;2*4-5H,3H2,1-2H3/b2*10-8+;2*8-6+;;. The predicted molar refractivity (Wildman–Crippen MR) is 406 cm³/mol. The number of carbonyl (C=O) groups excluding carboxylic acids is 11. The number of aliphatic hydroxyl groups excluding tert-OH is 2. The first kappa shape index (κ1) is 103. The number of aliphatic carboxylic acids is 1. The van der Waals surface area contributed by atoms with E-state index in [1.807, 2.05) is 87.5 Å². The number of aliphatic hydroxyl groups is 2. The summed E-state index contributed by atoms with van der Waals surface area (Å²) in [5.41, 5.74) is 0. The lowest BCUT2D eigenvalue weighted by atomic mass is 9.97. The molecule has 0 aromatic rings. The number of unbranched alkanes of at least 4 members (excludes halogenated alkanes) is 17. The van der Waals surface area contributed by atoms with Crippen LogP contribution < -0.4 is 0 Å². The highest BCUT2D eigenvalue weighted by Gasteiger charge is 2.33. The van der Waals surface area contributed by atoms with Crippen LogP contribution in [0.25, 0.3) is 0 Å². The zero-order valence-corrected chi connectivity index (χ0v) is 66.4. The minimum absolute atomic E-state index is 0.0217. The molecule has 0 radical (unpaired) electrons. The van der Waals surface area contributed by atoms with Gasteiger partial charge in [0.25, 0.3) is 0 Å². The van der Waals surface area contributed by atoms with Crippen LogP contribution in [0, 0.1) is 53.3 Å². The summed E-state index contributed by atoms with van der Waals surface area (Å²) in [6.45, 7) is 28.0. The Labute approximate surface area is 621 Å². The van der Waals surface area contributed by atoms with E-state index in [4.69, 9.17) is 29.5 Å². The van der Waals surface area contributed by atoms with E-state index >= 15 is 0 Å². The number of Topliss-reactive ketones (excluding diaryl/α,β-unsaturated/α-hetero) is 4. The molecule has 2 aliphatic heterocycles. The van der Waals surface area contributed by atoms with E-state index in [0.717, 1.165) is 141 Å². The van der Waals surface area contributed by atoms with E-state index in [9.17, 15) is 57.5 Å². The van der Waals surface area contributed by atoms with Crippen LogP contribution in [-0.4, -0.2) is 119 Å². The van der Waals surface area contributed by atoms with Crippen molar-refractivity contribution < 1.29 is 96.5 Å². The largest absolute Gasteiger partial charge is 0.481 e. The molecule has 103 heavy (non-hydrogen) atoms. The van der Waals surface area contributed by atoms with Crippen molar-refractivity contribution in [2.45, 2.75) is 322 Å². The van der Waals surface area contributed by atoms with Gasteiger partial charge < -0.3 is 58.2 Å². The van der Waals surface area contributed by atoms with Gasteiger partial charge in [0.05, 0.1) is 56.8 Å². The molecular formula is C83H142O20. The molecule has 4 atom stereocenters. The van der Waals surface area contributed by atoms with Gasteiger partial charge in [-0.3, -0.25) is 38.4 Å². The van der Waals surface area contributed by atoms with Crippen molar-refractivity contribution in [2.75, 3.05) is 33.0 Å². The van der Waals surface area contributed by atoms with Gasteiger partial charge in [-0.05, 0) is 179 Å². The number of carboxylic acid groups (broad SMARTS) is 1. The van der Waals surface area contributed by atoms with Gasteiger partial charge in [-0.25, -0.2) is 0 Å². The number of ketones is 4. The molecule has 2 fully saturated rings. The van der Waals surface area contributed by atoms with Crippen LogP contribution in [-0.2, 0) is 81.2 Å². The predicted octanol–water partition coefficient (Wildman–Crippen LogP) is 17.8. The van der Waals surface area contributed by atoms with Gasteiger partial charge in [0.1, 0.15) is 23.1 Å². The molecule has 0 spiro atoms. The molecule has 20 nitrogen and oxygen atoms in total. The molecule has 0 aromatic heterocycles. The molecular weight excluding hydrogens is 1320 g/mol. The third kappa shape index (κ3) is 79.7. The molecule has 20 heteroatoms. The number of esters is 7. The number of hydrogen-bond acceptors (Lipinski definition) is 19. The van der Waals surface area contributed by atoms with Crippen LogP contribution in [0.1, 0.15) is 322 Å². The summed E-state index contributed by atoms with van der Waals surface area (Å²) in [5, 5.41) is 25.3. The van der Waals surface area contributed by atoms with Gasteiger partial charge in [0, 0.05) is 51.7 Å². The van der Waals surface area contributed by atoms with Gasteiger partial charge in [0.2, 0.25) is 0 Å². The van der Waals surface area contributed by atoms with Crippen molar-refractivity contribution in [1.29, 1.82) is 0 Å². The highest BCUT2D eigenvalue weighted by Crippen LogP contribution is 2.23. The van der Waals surface area contributed by atoms with Crippen LogP contribution >= 0.6 is 0 Å². The maximum Gasteiger partial charge on any atom is 0.317 e. The summed E-state index contributed by atoms with van der Waals surface area (Å²) < 4.78 is 24.7. The first-order chi connectivity index (χ1) is 48.8. The summed E-state index contributed by atoms with van der Waals surface area (Å²) in [4.78, 5) is 134. The van der Waals surface area contributed by atoms with Gasteiger partial charge in [-0.15, -0.1) is 0 Å². The molecule has 0 aliphatic carbocycles. The van der Waals surface area contributed by atoms with Crippen LogP contribution in [0.15, 0.2) is 48.6 Å². The fourth-order valence-electron chi connectivity index (χ4n) is 9.47. The average molecular weight is 1460 g/mol. The molecule has 594 valence electrons. The third-order valence-corrected chi connectivity index (χ3v) is 15.5. The van der Waals surface area contributed by atoms with Crippen LogP contribution in [0.3, 0.4) is 0 Å². The Morgan fingerprint density at radius 1 is 0.398 bits per heavy atom. The first-order valence-electron chi connectivity index (χ1n) is 38.7. The minimum Gasteiger partial charge on any atom is -0.481 e. The van der Waals surface area contributed by atoms with Gasteiger partial charge >= 0.3 is 47.8 Å². The van der Waals surface area contributed by atoms with E-state index in [0.29, 0.717) is 96.2 Å². The highest BCUT2D eigenvalue weighted by molar-refractivity contribution is 5.95. The van der Waals surface area contributed by atoms with Crippen molar-refractivity contribution in [3.05, 3.63) is 48.6 Å². The Morgan fingerprint density at radius 3 is 1.00 bits per heavy atom. The zero-order valence-electron chi connectivity index (χ0n) is 66.4. The van der Waals surface area contributed by atoms with E-state index in [-0.39, 0.29) is 121 Å². The molecule has 4 unspecified atom stereocenters. The monoisotopic (exact) mass is 1460 g/mol. The van der Waals surface area contributed by atoms with Crippen LogP contribution in [0.4, 0.5) is 0 Å². The summed E-state index contributed by atoms with van der Waals surface area (Å²) >= 11 is 0. The van der Waals surface area contributed by atoms with E-state index < -0.39 is 23.8 Å². The molecule has 0 aromatic carbocycles. The van der Waals surface area contributed by atoms with Gasteiger partial charge in [0.15, 0.2) is 0 Å². The van der Waals surface area contributed by atoms with Gasteiger partial charge in [-0.2, -0.15) is 0 Å². The van der Waals surface area contributed by atoms with Gasteiger partial charge in [-0.1, -0.05) is 169 Å². The van der Waals surface area contributed by atoms with E-state index in [1.54, 1.807) is 27.7 Å². The Hall–Kier alpha value is -6.28. The molecule has 2 saturated heterocycles. The number of carboxylic acids is 1. The summed E-state index contributed by atoms with van der Waals surface area (Å²) in [5.74, 6) is -1.88. The number of rotatable bonds is 53. The second-order valence-corrected chi connectivity index (χ2v) is 29.4. The summed E-state index contributed by atoms with van der Waals surface area (Å²) in [6, 6.07) is 0. The first-order valence-corrected chi connectivity index (χ1v) is 38.7. The Kier molecular flexibility index (Phi) is 71.4. The van der Waals surface area contributed by atoms with Crippen LogP contribution in [0.5, 0.6) is 0 Å². The van der Waals surface area contributed by atoms with E-state index in [2.05, 4.69) is 39.9 Å². The topological polar surface area (TPSA) is 312 Å². The zero-order chi connectivity index (χ0) is 78.6. The average Bonchev–Trinajstić information content (AvgIpc) is 1.78. The maximum absolute atomic E-state index is 12.4. The van der Waals surface area contributed by atoms with Crippen molar-refractivity contribution in [3.63, 3.8) is 0 Å². The molecule has 2 aliphatic rings. The quantitative estimate of drug-likeness (QED) is 0.0167. The lowest BCUT2D eigenvalue weighted by Gasteiger charge is -2.16. The SMILES string of the molecule is CC(=O)CCCCCC/C=C/CC(CC(=O)O)CC(=O)OCC(C)C.CC(=O)CCCCCC/C=C/CC1CC(=O)OC1=O.CC(=O)CCCCCC/C=C/CC1CC(=O)OC1=O.CC(=O)CCCCCC/C=C/CCCC(CC(=O)OCC(C)C)C(=O)OCC(C)C.CC(C)CO.CC(C)CO. The lowest BCUT2D eigenvalue weighted by Crippen LogP contribution is -2.24. The lowest BCUT2D eigenvalue weighted by molar-refractivity contribution is -0.156. The number of cyclic esters (lactones) is 4. The third-order valence-electron chi connectivity index (χ3n) is 15.5. The summed E-state index contributed by atoms with van der Waals surface area (Å²) in [6.07, 6.45) is 45.0. The minimum atomic E-state index is -0.888. The molecule has 2 heterocycles. The second kappa shape index (κ2) is 71.3. The Balaban J connectivity index is -0.000000613. The smallest absolute Gasteiger partial charge is 0.317 e. The number of hydrogen-bond donors (Lipinski definition) is 3. The van der Waals surface area contributed by atoms with Crippen LogP contribution in [0.2, 0.25) is 0 Å². The fourth-order valence-corrected chi connectivity index (χ4v) is 9.47. The number of allylic oxidation sites excluding steroid dienone is 8. The molecule has 3 N–H and O–H groups in total.